The van der Waals surface area contributed by atoms with Gasteiger partial charge in [0.2, 0.25) is 0 Å². The number of pyridine rings is 1. The van der Waals surface area contributed by atoms with Crippen LogP contribution in [0.5, 0.6) is 0 Å². The van der Waals surface area contributed by atoms with Crippen molar-refractivity contribution in [3.05, 3.63) is 54.2 Å². The third-order valence-corrected chi connectivity index (χ3v) is 3.36. The smallest absolute Gasteiger partial charge is 0.269 e. The largest absolute Gasteiger partial charge is 0.367 e. The summed E-state index contributed by atoms with van der Waals surface area (Å²) in [6.07, 6.45) is 4.01. The van der Waals surface area contributed by atoms with E-state index in [1.54, 1.807) is 23.3 Å². The van der Waals surface area contributed by atoms with Crippen molar-refractivity contribution < 1.29 is 4.79 Å². The summed E-state index contributed by atoms with van der Waals surface area (Å²) in [5.74, 6) is 0.607. The van der Waals surface area contributed by atoms with E-state index in [-0.39, 0.29) is 5.91 Å². The normalized spacial score (nSPS) is 13.6. The van der Waals surface area contributed by atoms with Gasteiger partial charge in [-0.3, -0.25) is 15.2 Å². The van der Waals surface area contributed by atoms with Crippen molar-refractivity contribution in [1.82, 2.24) is 10.4 Å². The fourth-order valence-electron chi connectivity index (χ4n) is 2.02. The first-order valence-corrected chi connectivity index (χ1v) is 7.05. The molecule has 1 amide bonds. The van der Waals surface area contributed by atoms with E-state index in [1.807, 2.05) is 37.4 Å². The Bertz CT molecular complexity index is 625. The highest BCUT2D eigenvalue weighted by Crippen LogP contribution is 2.23. The molecule has 0 bridgehead atoms. The maximum atomic E-state index is 12.3. The molecule has 3 rings (SSSR count). The number of anilines is 2. The zero-order valence-corrected chi connectivity index (χ0v) is 11.9. The quantitative estimate of drug-likeness (QED) is 0.827. The second-order valence-corrected chi connectivity index (χ2v) is 5.18. The molecule has 0 aliphatic heterocycles. The molecular weight excluding hydrogens is 264 g/mol. The molecule has 5 nitrogen and oxygen atoms in total. The zero-order valence-electron chi connectivity index (χ0n) is 11.9. The lowest BCUT2D eigenvalue weighted by molar-refractivity contribution is 0.0951. The van der Waals surface area contributed by atoms with Gasteiger partial charge < -0.3 is 5.32 Å². The minimum absolute atomic E-state index is 0.150. The van der Waals surface area contributed by atoms with Crippen LogP contribution in [0.1, 0.15) is 23.2 Å². The molecule has 1 aliphatic carbocycles. The molecule has 1 aliphatic rings. The molecule has 1 saturated carbocycles. The third-order valence-electron chi connectivity index (χ3n) is 3.36. The number of hydrogen-bond acceptors (Lipinski definition) is 4. The topological polar surface area (TPSA) is 57.3 Å². The molecule has 5 heteroatoms. The third kappa shape index (κ3) is 3.51. The number of hydrogen-bond donors (Lipinski definition) is 2. The van der Waals surface area contributed by atoms with Crippen LogP contribution in [-0.2, 0) is 0 Å². The van der Waals surface area contributed by atoms with Gasteiger partial charge in [0.15, 0.2) is 0 Å². The van der Waals surface area contributed by atoms with Gasteiger partial charge in [0.05, 0.1) is 5.69 Å². The molecule has 108 valence electrons. The van der Waals surface area contributed by atoms with E-state index < -0.39 is 0 Å². The van der Waals surface area contributed by atoms with Gasteiger partial charge in [-0.25, -0.2) is 4.98 Å². The molecule has 1 heterocycles. The number of hydrazine groups is 1. The first-order chi connectivity index (χ1) is 10.2. The maximum Gasteiger partial charge on any atom is 0.269 e. The maximum absolute atomic E-state index is 12.3. The Morgan fingerprint density at radius 1 is 1.24 bits per heavy atom. The number of carbonyl (C=O) groups excluding carboxylic acids is 1. The van der Waals surface area contributed by atoms with Crippen LogP contribution in [0.4, 0.5) is 11.5 Å². The van der Waals surface area contributed by atoms with Crippen molar-refractivity contribution >= 4 is 17.4 Å². The molecule has 1 aromatic carbocycles. The molecule has 0 saturated heterocycles. The molecule has 0 unspecified atom stereocenters. The lowest BCUT2D eigenvalue weighted by Crippen LogP contribution is -2.39. The Hall–Kier alpha value is -2.56. The minimum atomic E-state index is -0.150. The SMILES string of the molecule is CN(NC(=O)c1ccnc(NC2CC2)c1)c1ccccc1. The second-order valence-electron chi connectivity index (χ2n) is 5.18. The van der Waals surface area contributed by atoms with Crippen molar-refractivity contribution in [3.8, 4) is 0 Å². The summed E-state index contributed by atoms with van der Waals surface area (Å²) >= 11 is 0. The number of aromatic nitrogens is 1. The molecular formula is C16H18N4O. The highest BCUT2D eigenvalue weighted by Gasteiger charge is 2.21. The van der Waals surface area contributed by atoms with Gasteiger partial charge in [-0.05, 0) is 37.1 Å². The Morgan fingerprint density at radius 3 is 2.71 bits per heavy atom. The first-order valence-electron chi connectivity index (χ1n) is 7.05. The van der Waals surface area contributed by atoms with Gasteiger partial charge in [0, 0.05) is 24.8 Å². The summed E-state index contributed by atoms with van der Waals surface area (Å²) in [5.41, 5.74) is 4.37. The zero-order chi connectivity index (χ0) is 14.7. The van der Waals surface area contributed by atoms with Gasteiger partial charge in [0.25, 0.3) is 5.91 Å². The molecule has 21 heavy (non-hydrogen) atoms. The molecule has 1 aromatic heterocycles. The Labute approximate surface area is 124 Å². The van der Waals surface area contributed by atoms with Crippen molar-refractivity contribution in [2.75, 3.05) is 17.4 Å². The average Bonchev–Trinajstić information content (AvgIpc) is 3.32. The van der Waals surface area contributed by atoms with Crippen molar-refractivity contribution in [2.45, 2.75) is 18.9 Å². The fraction of sp³-hybridized carbons (Fsp3) is 0.250. The number of amides is 1. The summed E-state index contributed by atoms with van der Waals surface area (Å²) in [4.78, 5) is 16.5. The molecule has 2 N–H and O–H groups in total. The van der Waals surface area contributed by atoms with Gasteiger partial charge in [-0.2, -0.15) is 0 Å². The van der Waals surface area contributed by atoms with E-state index in [0.29, 0.717) is 11.6 Å². The molecule has 0 radical (unpaired) electrons. The molecule has 1 fully saturated rings. The van der Waals surface area contributed by atoms with Crippen molar-refractivity contribution in [1.29, 1.82) is 0 Å². The number of rotatable bonds is 5. The predicted molar refractivity (Wildman–Crippen MR) is 83.2 cm³/mol. The lowest BCUT2D eigenvalue weighted by atomic mass is 10.2. The molecule has 0 spiro atoms. The Kier molecular flexibility index (Phi) is 3.73. The second kappa shape index (κ2) is 5.83. The highest BCUT2D eigenvalue weighted by atomic mass is 16.2. The van der Waals surface area contributed by atoms with E-state index >= 15 is 0 Å². The standard InChI is InChI=1S/C16H18N4O/c1-20(14-5-3-2-4-6-14)19-16(21)12-9-10-17-15(11-12)18-13-7-8-13/h2-6,9-11,13H,7-8H2,1H3,(H,17,18)(H,19,21). The number of nitrogens with zero attached hydrogens (tertiary/aromatic N) is 2. The van der Waals surface area contributed by atoms with Crippen LogP contribution in [0.25, 0.3) is 0 Å². The van der Waals surface area contributed by atoms with Crippen LogP contribution >= 0.6 is 0 Å². The van der Waals surface area contributed by atoms with Crippen LogP contribution in [0.3, 0.4) is 0 Å². The van der Waals surface area contributed by atoms with Crippen LogP contribution in [0, 0.1) is 0 Å². The van der Waals surface area contributed by atoms with Gasteiger partial charge >= 0.3 is 0 Å². The summed E-state index contributed by atoms with van der Waals surface area (Å²) in [6.45, 7) is 0. The highest BCUT2D eigenvalue weighted by molar-refractivity contribution is 5.95. The predicted octanol–water partition coefficient (Wildman–Crippen LogP) is 2.44. The van der Waals surface area contributed by atoms with Crippen LogP contribution in [-0.4, -0.2) is 24.0 Å². The molecule has 0 atom stereocenters. The lowest BCUT2D eigenvalue weighted by Gasteiger charge is -2.20. The minimum Gasteiger partial charge on any atom is -0.367 e. The van der Waals surface area contributed by atoms with Crippen molar-refractivity contribution in [2.24, 2.45) is 0 Å². The number of carbonyl (C=O) groups is 1. The van der Waals surface area contributed by atoms with E-state index in [2.05, 4.69) is 15.7 Å². The van der Waals surface area contributed by atoms with E-state index in [0.717, 1.165) is 11.5 Å². The van der Waals surface area contributed by atoms with Gasteiger partial charge in [-0.1, -0.05) is 18.2 Å². The fourth-order valence-corrected chi connectivity index (χ4v) is 2.02. The Morgan fingerprint density at radius 2 is 2.00 bits per heavy atom. The van der Waals surface area contributed by atoms with E-state index in [4.69, 9.17) is 0 Å². The summed E-state index contributed by atoms with van der Waals surface area (Å²) in [7, 11) is 1.82. The summed E-state index contributed by atoms with van der Waals surface area (Å²) in [6, 6.07) is 13.7. The number of para-hydroxylation sites is 1. The number of nitrogens with one attached hydrogen (secondary N) is 2. The number of benzene rings is 1. The molecule has 2 aromatic rings. The average molecular weight is 282 g/mol. The first kappa shape index (κ1) is 13.4. The van der Waals surface area contributed by atoms with Crippen molar-refractivity contribution in [3.63, 3.8) is 0 Å². The van der Waals surface area contributed by atoms with E-state index in [1.165, 1.54) is 12.8 Å². The van der Waals surface area contributed by atoms with Crippen LogP contribution in [0.2, 0.25) is 0 Å². The van der Waals surface area contributed by atoms with Gasteiger partial charge in [0.1, 0.15) is 5.82 Å². The Balaban J connectivity index is 1.67. The summed E-state index contributed by atoms with van der Waals surface area (Å²) in [5, 5.41) is 5.00. The monoisotopic (exact) mass is 282 g/mol. The van der Waals surface area contributed by atoms with Crippen LogP contribution in [0.15, 0.2) is 48.7 Å². The summed E-state index contributed by atoms with van der Waals surface area (Å²) < 4.78 is 0. The van der Waals surface area contributed by atoms with Gasteiger partial charge in [-0.15, -0.1) is 0 Å². The van der Waals surface area contributed by atoms with E-state index in [9.17, 15) is 4.79 Å². The van der Waals surface area contributed by atoms with Crippen LogP contribution < -0.4 is 15.8 Å².